The predicted molar refractivity (Wildman–Crippen MR) is 143 cm³/mol. The number of fused-ring (bicyclic) bond motifs is 1. The molecule has 38 heavy (non-hydrogen) atoms. The molecule has 0 saturated heterocycles. The number of hydrogen-bond acceptors (Lipinski definition) is 6. The largest absolute Gasteiger partial charge is 0.297 e. The van der Waals surface area contributed by atoms with E-state index in [2.05, 4.69) is 4.99 Å². The standard InChI is InChI=1S/C26H17ClN2O7S2/c27-20-11-5-4-9-17(20)15-21-26(30)29(25(28-21)16-7-2-1-3-8-16)22-14-13-18-19(24(22)38(34,35)36)10-6-12-23(18)37(31,32)33/h1-15H,(H,31,32,33)(H,34,35,36). The van der Waals surface area contributed by atoms with Gasteiger partial charge in [0.2, 0.25) is 0 Å². The zero-order valence-corrected chi connectivity index (χ0v) is 21.6. The molecule has 4 aromatic rings. The van der Waals surface area contributed by atoms with Crippen molar-refractivity contribution in [2.24, 2.45) is 4.99 Å². The van der Waals surface area contributed by atoms with Gasteiger partial charge in [-0.1, -0.05) is 78.3 Å². The molecule has 1 aliphatic rings. The van der Waals surface area contributed by atoms with Gasteiger partial charge >= 0.3 is 0 Å². The van der Waals surface area contributed by atoms with Gasteiger partial charge in [0.05, 0.1) is 5.69 Å². The van der Waals surface area contributed by atoms with Gasteiger partial charge in [0.15, 0.2) is 0 Å². The summed E-state index contributed by atoms with van der Waals surface area (Å²) in [5.74, 6) is -0.636. The molecular formula is C26H17ClN2O7S2. The summed E-state index contributed by atoms with van der Waals surface area (Å²) in [5, 5.41) is -0.0169. The minimum absolute atomic E-state index is 0.0509. The molecule has 0 saturated carbocycles. The summed E-state index contributed by atoms with van der Waals surface area (Å²) in [4.78, 5) is 18.0. The lowest BCUT2D eigenvalue weighted by Crippen LogP contribution is -2.34. The van der Waals surface area contributed by atoms with Crippen molar-refractivity contribution in [3.05, 3.63) is 107 Å². The van der Waals surface area contributed by atoms with E-state index < -0.39 is 35.9 Å². The zero-order valence-electron chi connectivity index (χ0n) is 19.2. The SMILES string of the molecule is O=C1C(=Cc2ccccc2Cl)N=C(c2ccccc2)N1c1ccc2c(S(=O)(=O)O)cccc2c1S(=O)(=O)O. The van der Waals surface area contributed by atoms with Crippen LogP contribution in [-0.2, 0) is 25.0 Å². The number of amidine groups is 1. The van der Waals surface area contributed by atoms with Crippen molar-refractivity contribution in [2.45, 2.75) is 9.79 Å². The second-order valence-corrected chi connectivity index (χ2v) is 11.4. The van der Waals surface area contributed by atoms with E-state index in [9.17, 15) is 30.7 Å². The molecule has 4 aromatic carbocycles. The summed E-state index contributed by atoms with van der Waals surface area (Å²) < 4.78 is 69.1. The van der Waals surface area contributed by atoms with Crippen LogP contribution in [0.2, 0.25) is 5.02 Å². The average Bonchev–Trinajstić information content (AvgIpc) is 3.19. The van der Waals surface area contributed by atoms with Crippen molar-refractivity contribution in [1.82, 2.24) is 0 Å². The fourth-order valence-electron chi connectivity index (χ4n) is 4.22. The highest BCUT2D eigenvalue weighted by Gasteiger charge is 2.37. The number of carbonyl (C=O) groups excluding carboxylic acids is 1. The number of rotatable bonds is 5. The maximum Gasteiger partial charge on any atom is 0.297 e. The van der Waals surface area contributed by atoms with Gasteiger partial charge < -0.3 is 0 Å². The Morgan fingerprint density at radius 2 is 1.45 bits per heavy atom. The van der Waals surface area contributed by atoms with E-state index >= 15 is 0 Å². The van der Waals surface area contributed by atoms with Crippen molar-refractivity contribution in [1.29, 1.82) is 0 Å². The van der Waals surface area contributed by atoms with Crippen LogP contribution in [0.3, 0.4) is 0 Å². The van der Waals surface area contributed by atoms with E-state index in [0.717, 1.165) is 11.0 Å². The molecule has 12 heteroatoms. The van der Waals surface area contributed by atoms with Gasteiger partial charge in [-0.2, -0.15) is 16.8 Å². The number of anilines is 1. The Balaban J connectivity index is 1.81. The first-order valence-electron chi connectivity index (χ1n) is 10.9. The predicted octanol–water partition coefficient (Wildman–Crippen LogP) is 4.82. The second-order valence-electron chi connectivity index (χ2n) is 8.21. The van der Waals surface area contributed by atoms with Crippen LogP contribution in [-0.4, -0.2) is 37.7 Å². The Labute approximate surface area is 222 Å². The number of aliphatic imine (C=N–C) groups is 1. The topological polar surface area (TPSA) is 141 Å². The van der Waals surface area contributed by atoms with Gasteiger partial charge in [-0.05, 0) is 29.8 Å². The van der Waals surface area contributed by atoms with Gasteiger partial charge in [0.1, 0.15) is 21.3 Å². The maximum absolute atomic E-state index is 13.7. The fraction of sp³-hybridized carbons (Fsp3) is 0. The summed E-state index contributed by atoms with van der Waals surface area (Å²) in [6.07, 6.45) is 1.46. The Kier molecular flexibility index (Phi) is 6.41. The van der Waals surface area contributed by atoms with Crippen LogP contribution in [0.15, 0.2) is 105 Å². The third-order valence-corrected chi connectivity index (χ3v) is 8.02. The lowest BCUT2D eigenvalue weighted by Gasteiger charge is -2.22. The van der Waals surface area contributed by atoms with E-state index in [1.807, 2.05) is 0 Å². The first-order chi connectivity index (χ1) is 18.0. The zero-order chi connectivity index (χ0) is 27.2. The van der Waals surface area contributed by atoms with Gasteiger partial charge in [0.25, 0.3) is 26.1 Å². The molecule has 0 aromatic heterocycles. The molecule has 0 bridgehead atoms. The third kappa shape index (κ3) is 4.62. The van der Waals surface area contributed by atoms with Crippen molar-refractivity contribution in [3.8, 4) is 0 Å². The molecule has 0 unspecified atom stereocenters. The van der Waals surface area contributed by atoms with Crippen molar-refractivity contribution in [2.75, 3.05) is 4.90 Å². The molecule has 0 atom stereocenters. The van der Waals surface area contributed by atoms with Crippen LogP contribution in [0.1, 0.15) is 11.1 Å². The second kappa shape index (κ2) is 9.46. The molecule has 192 valence electrons. The van der Waals surface area contributed by atoms with Crippen molar-refractivity contribution < 1.29 is 30.7 Å². The van der Waals surface area contributed by atoms with Gasteiger partial charge in [-0.15, -0.1) is 0 Å². The van der Waals surface area contributed by atoms with Crippen LogP contribution < -0.4 is 4.90 Å². The average molecular weight is 569 g/mol. The molecule has 2 N–H and O–H groups in total. The first-order valence-corrected chi connectivity index (χ1v) is 14.2. The number of nitrogens with zero attached hydrogens (tertiary/aromatic N) is 2. The quantitative estimate of drug-likeness (QED) is 0.259. The Morgan fingerprint density at radius 3 is 2.11 bits per heavy atom. The lowest BCUT2D eigenvalue weighted by atomic mass is 10.1. The molecule has 1 amide bonds. The molecule has 0 fully saturated rings. The minimum atomic E-state index is -5.04. The normalized spacial score (nSPS) is 15.3. The van der Waals surface area contributed by atoms with E-state index in [1.165, 1.54) is 30.3 Å². The molecule has 9 nitrogen and oxygen atoms in total. The number of carbonyl (C=O) groups is 1. The summed E-state index contributed by atoms with van der Waals surface area (Å²) >= 11 is 6.26. The monoisotopic (exact) mass is 568 g/mol. The maximum atomic E-state index is 13.7. The highest BCUT2D eigenvalue weighted by Crippen LogP contribution is 2.39. The molecule has 0 aliphatic carbocycles. The Bertz CT molecular complexity index is 1900. The van der Waals surface area contributed by atoms with E-state index in [1.54, 1.807) is 54.6 Å². The molecule has 1 aliphatic heterocycles. The summed E-state index contributed by atoms with van der Waals surface area (Å²) in [6.45, 7) is 0. The Morgan fingerprint density at radius 1 is 0.763 bits per heavy atom. The highest BCUT2D eigenvalue weighted by atomic mass is 35.5. The number of halogens is 1. The molecule has 1 heterocycles. The molecule has 5 rings (SSSR count). The first kappa shape index (κ1) is 25.8. The van der Waals surface area contributed by atoms with E-state index in [4.69, 9.17) is 11.6 Å². The van der Waals surface area contributed by atoms with Crippen LogP contribution in [0.4, 0.5) is 5.69 Å². The summed E-state index contributed by atoms with van der Waals surface area (Å²) in [6, 6.07) is 21.3. The highest BCUT2D eigenvalue weighted by molar-refractivity contribution is 7.86. The summed E-state index contributed by atoms with van der Waals surface area (Å²) in [5.41, 5.74) is 0.658. The number of benzene rings is 4. The van der Waals surface area contributed by atoms with Crippen LogP contribution >= 0.6 is 11.6 Å². The van der Waals surface area contributed by atoms with E-state index in [0.29, 0.717) is 16.1 Å². The fourth-order valence-corrected chi connectivity index (χ4v) is 6.00. The lowest BCUT2D eigenvalue weighted by molar-refractivity contribution is -0.113. The van der Waals surface area contributed by atoms with Gasteiger partial charge in [-0.25, -0.2) is 4.99 Å². The molecule has 0 radical (unpaired) electrons. The number of hydrogen-bond donors (Lipinski definition) is 2. The smallest absolute Gasteiger partial charge is 0.282 e. The molecular weight excluding hydrogens is 552 g/mol. The number of amides is 1. The van der Waals surface area contributed by atoms with Crippen LogP contribution in [0, 0.1) is 0 Å². The van der Waals surface area contributed by atoms with Crippen molar-refractivity contribution >= 4 is 66.1 Å². The third-order valence-electron chi connectivity index (χ3n) is 5.82. The molecule has 0 spiro atoms. The van der Waals surface area contributed by atoms with Gasteiger partial charge in [-0.3, -0.25) is 18.8 Å². The van der Waals surface area contributed by atoms with E-state index in [-0.39, 0.29) is 28.0 Å². The van der Waals surface area contributed by atoms with Crippen LogP contribution in [0.5, 0.6) is 0 Å². The summed E-state index contributed by atoms with van der Waals surface area (Å²) in [7, 11) is -9.78. The minimum Gasteiger partial charge on any atom is -0.282 e. The van der Waals surface area contributed by atoms with Crippen LogP contribution in [0.25, 0.3) is 16.8 Å². The Hall–Kier alpha value is -3.87. The van der Waals surface area contributed by atoms with Gasteiger partial charge in [0, 0.05) is 21.4 Å². The van der Waals surface area contributed by atoms with Crippen molar-refractivity contribution in [3.63, 3.8) is 0 Å².